The lowest BCUT2D eigenvalue weighted by molar-refractivity contribution is -0.384. The van der Waals surface area contributed by atoms with Crippen molar-refractivity contribution in [3.8, 4) is 11.1 Å². The summed E-state index contributed by atoms with van der Waals surface area (Å²) < 4.78 is 30.6. The maximum absolute atomic E-state index is 13.2. The Morgan fingerprint density at radius 3 is 2.43 bits per heavy atom. The van der Waals surface area contributed by atoms with Crippen molar-refractivity contribution in [2.24, 2.45) is 0 Å². The average Bonchev–Trinajstić information content (AvgIpc) is 2.48. The molecule has 0 saturated heterocycles. The molecule has 0 fully saturated rings. The van der Waals surface area contributed by atoms with Crippen LogP contribution >= 0.6 is 0 Å². The highest BCUT2D eigenvalue weighted by Gasteiger charge is 2.19. The fraction of sp³-hybridized carbons (Fsp3) is 0.0714. The lowest BCUT2D eigenvalue weighted by atomic mass is 10.0. The highest BCUT2D eigenvalue weighted by molar-refractivity contribution is 5.92. The van der Waals surface area contributed by atoms with E-state index in [2.05, 4.69) is 4.74 Å². The van der Waals surface area contributed by atoms with Gasteiger partial charge in [-0.2, -0.15) is 0 Å². The summed E-state index contributed by atoms with van der Waals surface area (Å²) in [6, 6.07) is 6.59. The first-order valence-electron chi connectivity index (χ1n) is 5.76. The van der Waals surface area contributed by atoms with Gasteiger partial charge in [0, 0.05) is 6.07 Å². The molecule has 0 atom stereocenters. The van der Waals surface area contributed by atoms with Crippen LogP contribution < -0.4 is 0 Å². The van der Waals surface area contributed by atoms with Crippen molar-refractivity contribution in [1.82, 2.24) is 0 Å². The van der Waals surface area contributed by atoms with E-state index in [1.807, 2.05) is 0 Å². The lowest BCUT2D eigenvalue weighted by Crippen LogP contribution is -2.03. The quantitative estimate of drug-likeness (QED) is 0.494. The second-order valence-corrected chi connectivity index (χ2v) is 4.11. The molecule has 7 heteroatoms. The molecule has 0 bridgehead atoms. The number of nitro benzene ring substituents is 1. The molecule has 5 nitrogen and oxygen atoms in total. The van der Waals surface area contributed by atoms with E-state index in [1.165, 1.54) is 18.2 Å². The zero-order valence-corrected chi connectivity index (χ0v) is 10.8. The van der Waals surface area contributed by atoms with Gasteiger partial charge in [-0.15, -0.1) is 0 Å². The molecule has 0 unspecified atom stereocenters. The largest absolute Gasteiger partial charge is 0.465 e. The van der Waals surface area contributed by atoms with E-state index in [0.717, 1.165) is 25.3 Å². The number of halogens is 2. The van der Waals surface area contributed by atoms with Gasteiger partial charge in [-0.1, -0.05) is 6.07 Å². The van der Waals surface area contributed by atoms with Crippen molar-refractivity contribution in [1.29, 1.82) is 0 Å². The molecule has 108 valence electrons. The van der Waals surface area contributed by atoms with Crippen LogP contribution in [0.1, 0.15) is 10.4 Å². The smallest absolute Gasteiger partial charge is 0.338 e. The number of benzene rings is 2. The molecule has 2 aromatic rings. The highest BCUT2D eigenvalue weighted by atomic mass is 19.2. The minimum absolute atomic E-state index is 0.00414. The number of carbonyl (C=O) groups excluding carboxylic acids is 1. The Morgan fingerprint density at radius 1 is 1.14 bits per heavy atom. The van der Waals surface area contributed by atoms with E-state index in [-0.39, 0.29) is 16.7 Å². The van der Waals surface area contributed by atoms with Gasteiger partial charge in [0.1, 0.15) is 0 Å². The van der Waals surface area contributed by atoms with Gasteiger partial charge in [0.05, 0.1) is 23.2 Å². The van der Waals surface area contributed by atoms with Crippen LogP contribution in [0.4, 0.5) is 14.5 Å². The molecule has 0 aliphatic carbocycles. The molecule has 0 aliphatic rings. The van der Waals surface area contributed by atoms with Crippen molar-refractivity contribution in [3.05, 3.63) is 63.7 Å². The summed E-state index contributed by atoms with van der Waals surface area (Å²) in [4.78, 5) is 21.8. The van der Waals surface area contributed by atoms with Gasteiger partial charge in [0.25, 0.3) is 5.69 Å². The summed E-state index contributed by atoms with van der Waals surface area (Å²) in [5, 5.41) is 11.1. The maximum atomic E-state index is 13.2. The number of esters is 1. The van der Waals surface area contributed by atoms with Gasteiger partial charge >= 0.3 is 5.97 Å². The van der Waals surface area contributed by atoms with Crippen molar-refractivity contribution in [2.75, 3.05) is 7.11 Å². The third-order valence-corrected chi connectivity index (χ3v) is 2.85. The predicted octanol–water partition coefficient (Wildman–Crippen LogP) is 3.33. The number of methoxy groups -OCH3 is 1. The van der Waals surface area contributed by atoms with E-state index < -0.39 is 28.2 Å². The third kappa shape index (κ3) is 2.86. The average molecular weight is 293 g/mol. The highest BCUT2D eigenvalue weighted by Crippen LogP contribution is 2.31. The molecule has 2 aromatic carbocycles. The van der Waals surface area contributed by atoms with Crippen molar-refractivity contribution < 1.29 is 23.2 Å². The molecule has 2 rings (SSSR count). The Hall–Kier alpha value is -2.83. The van der Waals surface area contributed by atoms with E-state index in [0.29, 0.717) is 0 Å². The number of hydrogen-bond donors (Lipinski definition) is 0. The summed E-state index contributed by atoms with van der Waals surface area (Å²) in [5.41, 5.74) is -0.192. The minimum Gasteiger partial charge on any atom is -0.465 e. The van der Waals surface area contributed by atoms with Gasteiger partial charge in [-0.3, -0.25) is 10.1 Å². The molecular formula is C14H9F2NO4. The Bertz CT molecular complexity index is 731. The molecule has 0 amide bonds. The maximum Gasteiger partial charge on any atom is 0.338 e. The zero-order valence-electron chi connectivity index (χ0n) is 10.8. The first kappa shape index (κ1) is 14.6. The van der Waals surface area contributed by atoms with Crippen LogP contribution in [-0.2, 0) is 4.74 Å². The van der Waals surface area contributed by atoms with Crippen LogP contribution in [0.15, 0.2) is 36.4 Å². The normalized spacial score (nSPS) is 10.2. The number of nitro groups is 1. The number of nitrogens with zero attached hydrogens (tertiary/aromatic N) is 1. The zero-order chi connectivity index (χ0) is 15.6. The molecule has 0 spiro atoms. The van der Waals surface area contributed by atoms with Crippen molar-refractivity contribution in [3.63, 3.8) is 0 Å². The summed E-state index contributed by atoms with van der Waals surface area (Å²) in [6.07, 6.45) is 0. The van der Waals surface area contributed by atoms with E-state index >= 15 is 0 Å². The Morgan fingerprint density at radius 2 is 1.86 bits per heavy atom. The Labute approximate surface area is 117 Å². The summed E-state index contributed by atoms with van der Waals surface area (Å²) >= 11 is 0. The molecule has 21 heavy (non-hydrogen) atoms. The molecule has 0 heterocycles. The molecular weight excluding hydrogens is 284 g/mol. The summed E-state index contributed by atoms with van der Waals surface area (Å²) in [6.45, 7) is 0. The second-order valence-electron chi connectivity index (χ2n) is 4.11. The number of carbonyl (C=O) groups is 1. The summed E-state index contributed by atoms with van der Waals surface area (Å²) in [7, 11) is 1.15. The van der Waals surface area contributed by atoms with Crippen LogP contribution in [0.3, 0.4) is 0 Å². The third-order valence-electron chi connectivity index (χ3n) is 2.85. The Balaban J connectivity index is 2.60. The van der Waals surface area contributed by atoms with Gasteiger partial charge < -0.3 is 4.74 Å². The van der Waals surface area contributed by atoms with Crippen LogP contribution in [0.5, 0.6) is 0 Å². The molecule has 0 radical (unpaired) electrons. The summed E-state index contributed by atoms with van der Waals surface area (Å²) in [5.74, 6) is -2.89. The van der Waals surface area contributed by atoms with E-state index in [1.54, 1.807) is 0 Å². The lowest BCUT2D eigenvalue weighted by Gasteiger charge is -2.06. The van der Waals surface area contributed by atoms with Crippen LogP contribution in [-0.4, -0.2) is 18.0 Å². The fourth-order valence-electron chi connectivity index (χ4n) is 1.84. The van der Waals surface area contributed by atoms with E-state index in [9.17, 15) is 23.7 Å². The standard InChI is InChI=1S/C14H9F2NO4/c1-21-14(18)9-2-4-10(13(7-9)17(19)20)8-3-5-11(15)12(16)6-8/h2-7H,1H3. The predicted molar refractivity (Wildman–Crippen MR) is 69.8 cm³/mol. The first-order chi connectivity index (χ1) is 9.93. The van der Waals surface area contributed by atoms with Gasteiger partial charge in [0.15, 0.2) is 11.6 Å². The minimum atomic E-state index is -1.11. The van der Waals surface area contributed by atoms with Crippen LogP contribution in [0.25, 0.3) is 11.1 Å². The fourth-order valence-corrected chi connectivity index (χ4v) is 1.84. The van der Waals surface area contributed by atoms with Gasteiger partial charge in [-0.05, 0) is 29.8 Å². The number of ether oxygens (including phenoxy) is 1. The second kappa shape index (κ2) is 5.66. The molecule has 0 N–H and O–H groups in total. The van der Waals surface area contributed by atoms with Gasteiger partial charge in [-0.25, -0.2) is 13.6 Å². The van der Waals surface area contributed by atoms with E-state index in [4.69, 9.17) is 0 Å². The van der Waals surface area contributed by atoms with Crippen molar-refractivity contribution >= 4 is 11.7 Å². The first-order valence-corrected chi connectivity index (χ1v) is 5.76. The number of hydrogen-bond acceptors (Lipinski definition) is 4. The molecule has 0 aromatic heterocycles. The monoisotopic (exact) mass is 293 g/mol. The van der Waals surface area contributed by atoms with Crippen LogP contribution in [0, 0.1) is 21.7 Å². The van der Waals surface area contributed by atoms with Gasteiger partial charge in [0.2, 0.25) is 0 Å². The number of rotatable bonds is 3. The Kier molecular flexibility index (Phi) is 3.93. The molecule has 0 aliphatic heterocycles. The SMILES string of the molecule is COC(=O)c1ccc(-c2ccc(F)c(F)c2)c([N+](=O)[O-])c1. The topological polar surface area (TPSA) is 69.4 Å². The van der Waals surface area contributed by atoms with Crippen LogP contribution in [0.2, 0.25) is 0 Å². The molecule has 0 saturated carbocycles. The van der Waals surface area contributed by atoms with Crippen molar-refractivity contribution in [2.45, 2.75) is 0 Å².